The van der Waals surface area contributed by atoms with Crippen LogP contribution in [0.15, 0.2) is 133 Å². The standard InChI is InChI=1S/C21H17F2N3O2.C20H18F2N4O2.C8H8N2.C7H7N3.C5H8BrNO.C5H8N4O.C5H10N2O/c1-12(27)21(8-9-21)20(28)24-19-10-15-17(25-26-18(15)11-16(19)23)7-4-13-2-5-14(22)6-3-13;21-12-4-1-11(2-5-12)3-6-16-14-8-18(15(22)9-17(14)26-25-16)24-20(28)19-7-13(27)10-23-19;9-6-8(10)7-4-2-1-3-5-7;8-5-6(9)7-3-1-2-4-10-7;6-4-2-1-3-7-5(4)8;6-9-8-4-2-1-3-7-5(4)10;6-4-2-1-3-7-5(4)8/h2-7,10-11H,8-9H2,1H3,(H,24,28)(H,25,26);1-6,8-9,13,19,23,27H,7,10H2,(H,24,28)(H,25,26);1-5,8H,10H2;1-4,6H,9H2;4H,1-3H2,(H,7,8);4H,1-3H2,(H,7,10);4H,1-3,6H2,(H,7,8)/b7-4+;6-3+;;;;;/t;13-,19-;;;;;/m.0...../s1. The van der Waals surface area contributed by atoms with Crippen molar-refractivity contribution in [2.75, 3.05) is 36.8 Å². The van der Waals surface area contributed by atoms with Crippen molar-refractivity contribution in [3.63, 3.8) is 0 Å². The van der Waals surface area contributed by atoms with E-state index in [2.05, 4.69) is 83.2 Å². The van der Waals surface area contributed by atoms with Gasteiger partial charge in [-0.05, 0) is 148 Å². The highest BCUT2D eigenvalue weighted by Crippen LogP contribution is 2.47. The number of nitrogens with one attached hydrogen (secondary N) is 8. The molecular formula is C71H76BrF4N19O7. The van der Waals surface area contributed by atoms with Crippen LogP contribution < -0.4 is 49.1 Å². The number of nitriles is 2. The molecule has 102 heavy (non-hydrogen) atoms. The van der Waals surface area contributed by atoms with Crippen LogP contribution in [0.1, 0.15) is 111 Å². The smallest absolute Gasteiger partial charge is 0.241 e. The van der Waals surface area contributed by atoms with Crippen molar-refractivity contribution in [1.29, 1.82) is 10.5 Å². The third-order valence-corrected chi connectivity index (χ3v) is 17.1. The number of carbonyl (C=O) groups is 6. The molecule has 0 spiro atoms. The number of rotatable bonds is 12. The zero-order valence-electron chi connectivity index (χ0n) is 55.3. The van der Waals surface area contributed by atoms with Crippen molar-refractivity contribution in [2.45, 2.75) is 106 Å². The van der Waals surface area contributed by atoms with Gasteiger partial charge >= 0.3 is 0 Å². The summed E-state index contributed by atoms with van der Waals surface area (Å²) in [7, 11) is 0. The zero-order chi connectivity index (χ0) is 73.7. The van der Waals surface area contributed by atoms with Crippen LogP contribution in [0.4, 0.5) is 28.9 Å². The lowest BCUT2D eigenvalue weighted by Gasteiger charge is -2.16. The van der Waals surface area contributed by atoms with Gasteiger partial charge in [-0.25, -0.2) is 17.6 Å². The van der Waals surface area contributed by atoms with Crippen molar-refractivity contribution >= 4 is 109 Å². The van der Waals surface area contributed by atoms with Crippen LogP contribution in [0.5, 0.6) is 0 Å². The number of ketones is 1. The Kier molecular flexibility index (Phi) is 30.0. The van der Waals surface area contributed by atoms with Crippen LogP contribution in [0.2, 0.25) is 0 Å². The minimum absolute atomic E-state index is 0.00265. The topological polar surface area (TPSA) is 439 Å². The van der Waals surface area contributed by atoms with Gasteiger partial charge in [-0.3, -0.25) is 43.9 Å². The van der Waals surface area contributed by atoms with Crippen molar-refractivity contribution in [3.05, 3.63) is 195 Å². The molecule has 5 aliphatic rings. The number of benzene rings is 5. The largest absolute Gasteiger partial charge is 0.392 e. The number of piperidine rings is 3. The summed E-state index contributed by atoms with van der Waals surface area (Å²) in [4.78, 5) is 75.0. The molecule has 4 aliphatic heterocycles. The Morgan fingerprint density at radius 1 is 0.706 bits per heavy atom. The third-order valence-electron chi connectivity index (χ3n) is 16.2. The second kappa shape index (κ2) is 39.1. The summed E-state index contributed by atoms with van der Waals surface area (Å²) in [5, 5.41) is 60.8. The maximum atomic E-state index is 14.4. The predicted octanol–water partition coefficient (Wildman–Crippen LogP) is 9.27. The lowest BCUT2D eigenvalue weighted by atomic mass is 10.0. The molecule has 5 fully saturated rings. The normalized spacial score (nSPS) is 18.9. The number of pyridine rings is 1. The molecule has 5 amide bonds. The molecule has 7 atom stereocenters. The molecule has 31 heteroatoms. The summed E-state index contributed by atoms with van der Waals surface area (Å²) in [5.41, 5.74) is 28.3. The monoisotopic (exact) mass is 1460 g/mol. The number of carbonyl (C=O) groups excluding carboxylic acids is 6. The first kappa shape index (κ1) is 78.3. The number of nitrogens with two attached hydrogens (primary N) is 3. The van der Waals surface area contributed by atoms with E-state index < -0.39 is 59.1 Å². The summed E-state index contributed by atoms with van der Waals surface area (Å²) in [6.07, 6.45) is 14.8. The van der Waals surface area contributed by atoms with Gasteiger partial charge in [0.2, 0.25) is 29.5 Å². The number of β-amino-alcohol motifs (C(OH)–C–C–N with tert-alkyl or cyclic N) is 1. The van der Waals surface area contributed by atoms with Gasteiger partial charge in [-0.15, -0.1) is 0 Å². The molecule has 1 aliphatic carbocycles. The number of hydrogen-bond donors (Lipinski definition) is 12. The van der Waals surface area contributed by atoms with E-state index in [1.807, 2.05) is 42.5 Å². The molecule has 0 radical (unpaired) electrons. The number of nitrogens with zero attached hydrogens (tertiary/aromatic N) is 8. The summed E-state index contributed by atoms with van der Waals surface area (Å²) < 4.78 is 54.7. The Labute approximate surface area is 592 Å². The first-order valence-corrected chi connectivity index (χ1v) is 33.2. The average molecular weight is 1460 g/mol. The number of H-pyrrole nitrogens is 2. The number of fused-ring (bicyclic) bond motifs is 2. The van der Waals surface area contributed by atoms with Crippen LogP contribution in [-0.4, -0.2) is 121 Å². The molecule has 26 nitrogen and oxygen atoms in total. The van der Waals surface area contributed by atoms with Crippen molar-refractivity contribution in [2.24, 2.45) is 27.7 Å². The Morgan fingerprint density at radius 2 is 1.23 bits per heavy atom. The van der Waals surface area contributed by atoms with E-state index in [0.29, 0.717) is 71.2 Å². The van der Waals surface area contributed by atoms with Gasteiger partial charge in [-0.2, -0.15) is 20.7 Å². The fraction of sp³-hybridized carbons (Fsp3) is 0.310. The highest BCUT2D eigenvalue weighted by Gasteiger charge is 2.54. The molecule has 4 saturated heterocycles. The highest BCUT2D eigenvalue weighted by atomic mass is 79.9. The molecule has 7 heterocycles. The molecule has 3 aromatic heterocycles. The average Bonchev–Trinajstić information content (AvgIpc) is 1.61. The second-order valence-electron chi connectivity index (χ2n) is 23.6. The van der Waals surface area contributed by atoms with Crippen LogP contribution in [0.25, 0.3) is 56.6 Å². The molecule has 5 aromatic carbocycles. The summed E-state index contributed by atoms with van der Waals surface area (Å²) >= 11 is 3.24. The lowest BCUT2D eigenvalue weighted by molar-refractivity contribution is -0.132. The molecule has 13 rings (SSSR count). The van der Waals surface area contributed by atoms with Gasteiger partial charge in [0.25, 0.3) is 0 Å². The number of aliphatic hydroxyl groups is 1. The molecule has 5 unspecified atom stereocenters. The Balaban J connectivity index is 0.000000180. The quantitative estimate of drug-likeness (QED) is 0.0135. The van der Waals surface area contributed by atoms with Crippen LogP contribution in [0, 0.1) is 51.3 Å². The summed E-state index contributed by atoms with van der Waals surface area (Å²) in [5.74, 6) is -2.95. The fourth-order valence-electron chi connectivity index (χ4n) is 10.1. The van der Waals surface area contributed by atoms with E-state index in [0.717, 1.165) is 61.9 Å². The maximum Gasteiger partial charge on any atom is 0.241 e. The first-order valence-electron chi connectivity index (χ1n) is 32.3. The number of aromatic nitrogens is 5. The number of halogens is 5. The SMILES string of the molecule is CC(=O)C1(C(=O)Nc2cc3c(/C=C/c4ccc(F)cc4)n[nH]c3cc2F)CC1.N#CC(N)c1ccccc1.N#CC(N)c1ccccn1.NC1CCCNC1=O.O=C(Nc1cc2c(/C=C/c3ccc(F)cc3)n[nH]c2cc1F)[C@@H]1C[C@H](O)CN1.O=C1NCCCC1Br.[N-]=[N+]=NC1CCCNC1=O. The fourth-order valence-corrected chi connectivity index (χ4v) is 10.6. The van der Waals surface area contributed by atoms with Crippen LogP contribution in [0.3, 0.4) is 0 Å². The van der Waals surface area contributed by atoms with Crippen molar-refractivity contribution < 1.29 is 51.4 Å². The van der Waals surface area contributed by atoms with Gasteiger partial charge in [0.05, 0.1) is 74.6 Å². The second-order valence-corrected chi connectivity index (χ2v) is 24.8. The molecule has 1 saturated carbocycles. The Morgan fingerprint density at radius 3 is 1.66 bits per heavy atom. The van der Waals surface area contributed by atoms with Gasteiger partial charge in [-0.1, -0.05) is 93.9 Å². The highest BCUT2D eigenvalue weighted by molar-refractivity contribution is 9.10. The van der Waals surface area contributed by atoms with E-state index in [4.69, 9.17) is 33.3 Å². The Hall–Kier alpha value is -11.0. The molecule has 532 valence electrons. The molecule has 8 aromatic rings. The molecule has 15 N–H and O–H groups in total. The summed E-state index contributed by atoms with van der Waals surface area (Å²) in [6.45, 7) is 4.06. The van der Waals surface area contributed by atoms with E-state index >= 15 is 0 Å². The minimum Gasteiger partial charge on any atom is -0.392 e. The number of Topliss-reactive ketones (excluding diaryl/α,β-unsaturated/α-hetero) is 1. The third kappa shape index (κ3) is 23.6. The van der Waals surface area contributed by atoms with Crippen LogP contribution in [-0.2, 0) is 28.8 Å². The minimum atomic E-state index is -1.02. The number of alkyl halides is 1. The predicted molar refractivity (Wildman–Crippen MR) is 381 cm³/mol. The summed E-state index contributed by atoms with van der Waals surface area (Å²) in [6, 6.07) is 33.6. The maximum absolute atomic E-state index is 14.4. The number of hydrogen-bond acceptors (Lipinski definition) is 17. The van der Waals surface area contributed by atoms with Gasteiger partial charge < -0.3 is 54.2 Å². The van der Waals surface area contributed by atoms with E-state index in [1.165, 1.54) is 55.5 Å². The van der Waals surface area contributed by atoms with Gasteiger partial charge in [0.1, 0.15) is 52.6 Å². The van der Waals surface area contributed by atoms with Crippen LogP contribution >= 0.6 is 15.9 Å². The Bertz CT molecular complexity index is 4290. The molecule has 0 bridgehead atoms. The van der Waals surface area contributed by atoms with E-state index in [-0.39, 0.29) is 63.8 Å². The number of aliphatic hydroxyl groups excluding tert-OH is 1. The first-order chi connectivity index (χ1) is 49.0. The van der Waals surface area contributed by atoms with Gasteiger partial charge in [0, 0.05) is 60.2 Å². The number of aromatic amines is 2. The number of amides is 5. The number of azide groups is 1. The van der Waals surface area contributed by atoms with E-state index in [9.17, 15) is 51.4 Å². The lowest BCUT2D eigenvalue weighted by Crippen LogP contribution is -2.45. The van der Waals surface area contributed by atoms with Crippen molar-refractivity contribution in [3.8, 4) is 12.1 Å². The van der Waals surface area contributed by atoms with E-state index in [1.54, 1.807) is 73.0 Å². The zero-order valence-corrected chi connectivity index (χ0v) is 56.8. The van der Waals surface area contributed by atoms with Crippen molar-refractivity contribution in [1.82, 2.24) is 46.6 Å². The number of anilines is 2. The molecular weight excluding hydrogens is 1390 g/mol. The van der Waals surface area contributed by atoms with Gasteiger partial charge in [0.15, 0.2) is 0 Å².